The van der Waals surface area contributed by atoms with Crippen LogP contribution >= 0.6 is 11.3 Å². The van der Waals surface area contributed by atoms with Gasteiger partial charge in [-0.1, -0.05) is 23.8 Å². The highest BCUT2D eigenvalue weighted by molar-refractivity contribution is 7.15. The molecule has 0 aliphatic carbocycles. The highest BCUT2D eigenvalue weighted by atomic mass is 32.1. The third kappa shape index (κ3) is 4.35. The maximum Gasteiger partial charge on any atom is 0.250 e. The summed E-state index contributed by atoms with van der Waals surface area (Å²) in [6.07, 6.45) is 5.42. The Kier molecular flexibility index (Phi) is 5.04. The SMILES string of the molecule is Cc1ccc2oc(/C=C/C(=O)Nc3ncc(Cc4ccc(F)cc4)s3)cc2c1. The number of aromatic nitrogens is 1. The third-order valence-corrected chi connectivity index (χ3v) is 5.08. The van der Waals surface area contributed by atoms with Crippen LogP contribution in [0.5, 0.6) is 0 Å². The molecule has 0 spiro atoms. The number of hydrogen-bond donors (Lipinski definition) is 1. The average molecular weight is 392 g/mol. The van der Waals surface area contributed by atoms with Crippen LogP contribution in [-0.2, 0) is 11.2 Å². The van der Waals surface area contributed by atoms with Crippen LogP contribution in [0.25, 0.3) is 17.0 Å². The molecule has 0 saturated carbocycles. The van der Waals surface area contributed by atoms with E-state index in [2.05, 4.69) is 10.3 Å². The molecule has 6 heteroatoms. The van der Waals surface area contributed by atoms with E-state index in [0.29, 0.717) is 17.3 Å². The first kappa shape index (κ1) is 18.1. The van der Waals surface area contributed by atoms with Gasteiger partial charge in [0.2, 0.25) is 5.91 Å². The summed E-state index contributed by atoms with van der Waals surface area (Å²) in [5.41, 5.74) is 2.93. The topological polar surface area (TPSA) is 55.1 Å². The number of fused-ring (bicyclic) bond motifs is 1. The lowest BCUT2D eigenvalue weighted by Crippen LogP contribution is -2.06. The molecule has 0 unspecified atom stereocenters. The van der Waals surface area contributed by atoms with E-state index in [0.717, 1.165) is 27.0 Å². The summed E-state index contributed by atoms with van der Waals surface area (Å²) in [5.74, 6) is 0.0820. The number of nitrogens with one attached hydrogen (secondary N) is 1. The number of amides is 1. The minimum Gasteiger partial charge on any atom is -0.457 e. The molecule has 2 aromatic heterocycles. The van der Waals surface area contributed by atoms with Gasteiger partial charge in [0.1, 0.15) is 17.2 Å². The summed E-state index contributed by atoms with van der Waals surface area (Å²) in [4.78, 5) is 17.4. The molecule has 0 bridgehead atoms. The van der Waals surface area contributed by atoms with Crippen molar-refractivity contribution < 1.29 is 13.6 Å². The Morgan fingerprint density at radius 1 is 1.21 bits per heavy atom. The van der Waals surface area contributed by atoms with Crippen molar-refractivity contribution in [2.24, 2.45) is 0 Å². The van der Waals surface area contributed by atoms with E-state index < -0.39 is 0 Å². The van der Waals surface area contributed by atoms with E-state index in [-0.39, 0.29) is 11.7 Å². The lowest BCUT2D eigenvalue weighted by molar-refractivity contribution is -0.111. The zero-order valence-corrected chi connectivity index (χ0v) is 15.9. The molecule has 4 rings (SSSR count). The van der Waals surface area contributed by atoms with Gasteiger partial charge < -0.3 is 4.42 Å². The predicted molar refractivity (Wildman–Crippen MR) is 110 cm³/mol. The number of hydrogen-bond acceptors (Lipinski definition) is 4. The zero-order chi connectivity index (χ0) is 19.5. The first-order valence-corrected chi connectivity index (χ1v) is 9.55. The minimum absolute atomic E-state index is 0.257. The van der Waals surface area contributed by atoms with Gasteiger partial charge in [0.25, 0.3) is 0 Å². The molecule has 140 valence electrons. The molecule has 1 N–H and O–H groups in total. The van der Waals surface area contributed by atoms with Crippen LogP contribution in [0, 0.1) is 12.7 Å². The van der Waals surface area contributed by atoms with Gasteiger partial charge in [-0.05, 0) is 48.9 Å². The predicted octanol–water partition coefficient (Wildman–Crippen LogP) is 5.58. The van der Waals surface area contributed by atoms with Gasteiger partial charge in [-0.2, -0.15) is 0 Å². The number of aryl methyl sites for hydroxylation is 1. The fourth-order valence-electron chi connectivity index (χ4n) is 2.82. The zero-order valence-electron chi connectivity index (χ0n) is 15.1. The maximum absolute atomic E-state index is 13.0. The molecule has 0 saturated heterocycles. The average Bonchev–Trinajstić information content (AvgIpc) is 3.28. The number of carbonyl (C=O) groups excluding carboxylic acids is 1. The first-order valence-electron chi connectivity index (χ1n) is 8.73. The number of thiazole rings is 1. The molecular weight excluding hydrogens is 375 g/mol. The summed E-state index contributed by atoms with van der Waals surface area (Å²) in [6.45, 7) is 2.02. The fourth-order valence-corrected chi connectivity index (χ4v) is 3.67. The molecule has 4 aromatic rings. The lowest BCUT2D eigenvalue weighted by atomic mass is 10.1. The van der Waals surface area contributed by atoms with Crippen LogP contribution < -0.4 is 5.32 Å². The Labute approximate surface area is 165 Å². The van der Waals surface area contributed by atoms with E-state index >= 15 is 0 Å². The minimum atomic E-state index is -0.278. The lowest BCUT2D eigenvalue weighted by Gasteiger charge is -1.98. The largest absolute Gasteiger partial charge is 0.457 e. The van der Waals surface area contributed by atoms with Crippen LogP contribution in [-0.4, -0.2) is 10.9 Å². The number of furan rings is 1. The quantitative estimate of drug-likeness (QED) is 0.451. The van der Waals surface area contributed by atoms with Gasteiger partial charge in [0.15, 0.2) is 5.13 Å². The molecule has 0 aliphatic heterocycles. The third-order valence-electron chi connectivity index (χ3n) is 4.17. The number of nitrogens with zero attached hydrogens (tertiary/aromatic N) is 1. The fraction of sp³-hybridized carbons (Fsp3) is 0.0909. The smallest absolute Gasteiger partial charge is 0.250 e. The number of anilines is 1. The standard InChI is InChI=1S/C22H17FN2O2S/c1-14-2-8-20-16(10-14)12-18(27-20)7-9-21(26)25-22-24-13-19(28-22)11-15-3-5-17(23)6-4-15/h2-10,12-13H,11H2,1H3,(H,24,25,26)/b9-7+. The van der Waals surface area contributed by atoms with E-state index in [1.807, 2.05) is 31.2 Å². The summed E-state index contributed by atoms with van der Waals surface area (Å²) >= 11 is 1.39. The molecule has 1 amide bonds. The van der Waals surface area contributed by atoms with Gasteiger partial charge in [0.05, 0.1) is 0 Å². The number of halogens is 1. The normalized spacial score (nSPS) is 11.4. The number of carbonyl (C=O) groups is 1. The number of benzene rings is 2. The van der Waals surface area contributed by atoms with Gasteiger partial charge >= 0.3 is 0 Å². The van der Waals surface area contributed by atoms with Gasteiger partial charge in [-0.15, -0.1) is 11.3 Å². The Balaban J connectivity index is 1.38. The molecule has 0 atom stereocenters. The second kappa shape index (κ2) is 7.78. The van der Waals surface area contributed by atoms with Crippen molar-refractivity contribution in [1.29, 1.82) is 0 Å². The van der Waals surface area contributed by atoms with Crippen LogP contribution in [0.4, 0.5) is 9.52 Å². The van der Waals surface area contributed by atoms with Crippen molar-refractivity contribution in [2.45, 2.75) is 13.3 Å². The summed E-state index contributed by atoms with van der Waals surface area (Å²) in [5, 5.41) is 4.28. The molecule has 0 fully saturated rings. The summed E-state index contributed by atoms with van der Waals surface area (Å²) in [7, 11) is 0. The highest BCUT2D eigenvalue weighted by Crippen LogP contribution is 2.23. The Morgan fingerprint density at radius 3 is 2.86 bits per heavy atom. The first-order chi connectivity index (χ1) is 13.5. The van der Waals surface area contributed by atoms with E-state index in [1.165, 1.54) is 29.5 Å². The van der Waals surface area contributed by atoms with Crippen LogP contribution in [0.1, 0.15) is 21.8 Å². The van der Waals surface area contributed by atoms with E-state index in [4.69, 9.17) is 4.42 Å². The highest BCUT2D eigenvalue weighted by Gasteiger charge is 2.07. The molecule has 0 radical (unpaired) electrons. The van der Waals surface area contributed by atoms with Gasteiger partial charge in [-0.3, -0.25) is 10.1 Å². The maximum atomic E-state index is 13.0. The van der Waals surface area contributed by atoms with Gasteiger partial charge in [-0.25, -0.2) is 9.37 Å². The molecule has 2 aromatic carbocycles. The second-order valence-electron chi connectivity index (χ2n) is 6.45. The van der Waals surface area contributed by atoms with Crippen molar-refractivity contribution in [3.8, 4) is 0 Å². The van der Waals surface area contributed by atoms with E-state index in [9.17, 15) is 9.18 Å². The van der Waals surface area contributed by atoms with Crippen molar-refractivity contribution >= 4 is 39.4 Å². The van der Waals surface area contributed by atoms with Crippen molar-refractivity contribution in [3.05, 3.63) is 88.4 Å². The Hall–Kier alpha value is -3.25. The van der Waals surface area contributed by atoms with Crippen molar-refractivity contribution in [1.82, 2.24) is 4.98 Å². The summed E-state index contributed by atoms with van der Waals surface area (Å²) < 4.78 is 18.7. The number of rotatable bonds is 5. The van der Waals surface area contributed by atoms with Gasteiger partial charge in [0, 0.05) is 29.0 Å². The monoisotopic (exact) mass is 392 g/mol. The Bertz CT molecular complexity index is 1160. The van der Waals surface area contributed by atoms with Crippen LogP contribution in [0.2, 0.25) is 0 Å². The van der Waals surface area contributed by atoms with Crippen LogP contribution in [0.15, 0.2) is 65.2 Å². The molecule has 0 aliphatic rings. The van der Waals surface area contributed by atoms with Crippen molar-refractivity contribution in [3.63, 3.8) is 0 Å². The molecule has 2 heterocycles. The molecule has 4 nitrogen and oxygen atoms in total. The second-order valence-corrected chi connectivity index (χ2v) is 7.56. The van der Waals surface area contributed by atoms with Crippen molar-refractivity contribution in [2.75, 3.05) is 5.32 Å². The molecular formula is C22H17FN2O2S. The Morgan fingerprint density at radius 2 is 2.04 bits per heavy atom. The molecule has 28 heavy (non-hydrogen) atoms. The van der Waals surface area contributed by atoms with Crippen LogP contribution in [0.3, 0.4) is 0 Å². The summed E-state index contributed by atoms with van der Waals surface area (Å²) in [6, 6.07) is 14.2. The van der Waals surface area contributed by atoms with E-state index in [1.54, 1.807) is 24.4 Å².